The Morgan fingerprint density at radius 1 is 1.19 bits per heavy atom. The van der Waals surface area contributed by atoms with Crippen LogP contribution in [0.3, 0.4) is 0 Å². The van der Waals surface area contributed by atoms with Gasteiger partial charge in [0.25, 0.3) is 0 Å². The molecular formula is C13H20FNS. The maximum absolute atomic E-state index is 12.6. The van der Waals surface area contributed by atoms with Gasteiger partial charge in [0.05, 0.1) is 0 Å². The Bertz CT molecular complexity index is 303. The molecular weight excluding hydrogens is 221 g/mol. The Labute approximate surface area is 102 Å². The zero-order valence-electron chi connectivity index (χ0n) is 10.2. The van der Waals surface area contributed by atoms with E-state index in [2.05, 4.69) is 26.1 Å². The van der Waals surface area contributed by atoms with E-state index in [0.29, 0.717) is 4.75 Å². The first kappa shape index (κ1) is 13.5. The van der Waals surface area contributed by atoms with Crippen LogP contribution < -0.4 is 5.32 Å². The Hall–Kier alpha value is -0.540. The van der Waals surface area contributed by atoms with Gasteiger partial charge >= 0.3 is 0 Å². The van der Waals surface area contributed by atoms with E-state index in [1.807, 2.05) is 23.9 Å². The molecule has 0 saturated heterocycles. The van der Waals surface area contributed by atoms with Crippen molar-refractivity contribution in [1.29, 1.82) is 0 Å². The molecule has 0 heterocycles. The summed E-state index contributed by atoms with van der Waals surface area (Å²) in [6, 6.07) is 6.64. The monoisotopic (exact) mass is 241 g/mol. The summed E-state index contributed by atoms with van der Waals surface area (Å²) in [4.78, 5) is 0. The minimum atomic E-state index is -0.174. The van der Waals surface area contributed by atoms with Crippen molar-refractivity contribution in [2.45, 2.75) is 32.1 Å². The van der Waals surface area contributed by atoms with Gasteiger partial charge in [0, 0.05) is 23.6 Å². The zero-order valence-corrected chi connectivity index (χ0v) is 11.0. The number of thioether (sulfide) groups is 1. The standard InChI is InChI=1S/C13H20FNS/c1-13(2,3)16-9-8-15-10-11-4-6-12(14)7-5-11/h4-7,15H,8-10H2,1-3H3. The van der Waals surface area contributed by atoms with Crippen molar-refractivity contribution < 1.29 is 4.39 Å². The molecule has 1 aromatic rings. The van der Waals surface area contributed by atoms with Gasteiger partial charge in [-0.2, -0.15) is 11.8 Å². The molecule has 0 amide bonds. The predicted octanol–water partition coefficient (Wildman–Crippen LogP) is 3.45. The quantitative estimate of drug-likeness (QED) is 0.792. The van der Waals surface area contributed by atoms with Gasteiger partial charge in [-0.25, -0.2) is 4.39 Å². The lowest BCUT2D eigenvalue weighted by molar-refractivity contribution is 0.625. The zero-order chi connectivity index (χ0) is 12.0. The van der Waals surface area contributed by atoms with Gasteiger partial charge in [-0.05, 0) is 17.7 Å². The van der Waals surface area contributed by atoms with Gasteiger partial charge in [-0.3, -0.25) is 0 Å². The molecule has 0 fully saturated rings. The van der Waals surface area contributed by atoms with Crippen LogP contribution in [0.2, 0.25) is 0 Å². The van der Waals surface area contributed by atoms with E-state index < -0.39 is 0 Å². The van der Waals surface area contributed by atoms with Crippen LogP contribution in [0.15, 0.2) is 24.3 Å². The first-order valence-electron chi connectivity index (χ1n) is 5.56. The minimum Gasteiger partial charge on any atom is -0.312 e. The molecule has 16 heavy (non-hydrogen) atoms. The summed E-state index contributed by atoms with van der Waals surface area (Å²) >= 11 is 1.95. The highest BCUT2D eigenvalue weighted by atomic mass is 32.2. The van der Waals surface area contributed by atoms with E-state index in [4.69, 9.17) is 0 Å². The van der Waals surface area contributed by atoms with Crippen molar-refractivity contribution in [3.63, 3.8) is 0 Å². The maximum atomic E-state index is 12.6. The van der Waals surface area contributed by atoms with Gasteiger partial charge in [0.2, 0.25) is 0 Å². The molecule has 0 spiro atoms. The number of nitrogens with one attached hydrogen (secondary N) is 1. The summed E-state index contributed by atoms with van der Waals surface area (Å²) in [5, 5.41) is 3.35. The van der Waals surface area contributed by atoms with Crippen LogP contribution >= 0.6 is 11.8 Å². The van der Waals surface area contributed by atoms with E-state index in [1.54, 1.807) is 0 Å². The molecule has 0 aliphatic carbocycles. The molecule has 1 N–H and O–H groups in total. The van der Waals surface area contributed by atoms with Crippen molar-refractivity contribution in [2.75, 3.05) is 12.3 Å². The number of hydrogen-bond acceptors (Lipinski definition) is 2. The normalized spacial score (nSPS) is 11.8. The molecule has 0 aliphatic heterocycles. The van der Waals surface area contributed by atoms with Crippen LogP contribution in [-0.2, 0) is 6.54 Å². The first-order chi connectivity index (χ1) is 7.47. The Kier molecular flexibility index (Phi) is 5.29. The van der Waals surface area contributed by atoms with Crippen LogP contribution in [0.4, 0.5) is 4.39 Å². The van der Waals surface area contributed by atoms with E-state index in [9.17, 15) is 4.39 Å². The molecule has 0 atom stereocenters. The Balaban J connectivity index is 2.14. The minimum absolute atomic E-state index is 0.174. The number of benzene rings is 1. The van der Waals surface area contributed by atoms with E-state index in [1.165, 1.54) is 12.1 Å². The fourth-order valence-electron chi connectivity index (χ4n) is 1.26. The van der Waals surface area contributed by atoms with Gasteiger partial charge in [0.1, 0.15) is 5.82 Å². The van der Waals surface area contributed by atoms with Crippen LogP contribution in [0, 0.1) is 5.82 Å². The fraction of sp³-hybridized carbons (Fsp3) is 0.538. The second-order valence-corrected chi connectivity index (χ2v) is 6.69. The Morgan fingerprint density at radius 3 is 2.38 bits per heavy atom. The molecule has 3 heteroatoms. The van der Waals surface area contributed by atoms with E-state index in [-0.39, 0.29) is 5.82 Å². The molecule has 0 radical (unpaired) electrons. The molecule has 1 nitrogen and oxygen atoms in total. The third-order valence-corrected chi connectivity index (χ3v) is 3.33. The summed E-state index contributed by atoms with van der Waals surface area (Å²) in [5.74, 6) is 0.928. The van der Waals surface area contributed by atoms with Gasteiger partial charge in [0.15, 0.2) is 0 Å². The van der Waals surface area contributed by atoms with Crippen molar-refractivity contribution in [3.8, 4) is 0 Å². The molecule has 0 bridgehead atoms. The first-order valence-corrected chi connectivity index (χ1v) is 6.55. The van der Waals surface area contributed by atoms with E-state index >= 15 is 0 Å². The second-order valence-electron chi connectivity index (χ2n) is 4.76. The van der Waals surface area contributed by atoms with Crippen molar-refractivity contribution in [2.24, 2.45) is 0 Å². The molecule has 1 rings (SSSR count). The van der Waals surface area contributed by atoms with Gasteiger partial charge < -0.3 is 5.32 Å². The second kappa shape index (κ2) is 6.26. The largest absolute Gasteiger partial charge is 0.312 e. The predicted molar refractivity (Wildman–Crippen MR) is 70.3 cm³/mol. The van der Waals surface area contributed by atoms with Crippen molar-refractivity contribution in [1.82, 2.24) is 5.32 Å². The summed E-state index contributed by atoms with van der Waals surface area (Å²) in [7, 11) is 0. The SMILES string of the molecule is CC(C)(C)SCCNCc1ccc(F)cc1. The average Bonchev–Trinajstić information content (AvgIpc) is 2.19. The van der Waals surface area contributed by atoms with Gasteiger partial charge in [-0.15, -0.1) is 0 Å². The van der Waals surface area contributed by atoms with Crippen LogP contribution in [0.1, 0.15) is 26.3 Å². The fourth-order valence-corrected chi connectivity index (χ4v) is 2.12. The lowest BCUT2D eigenvalue weighted by Crippen LogP contribution is -2.19. The van der Waals surface area contributed by atoms with Crippen LogP contribution in [-0.4, -0.2) is 17.0 Å². The molecule has 0 saturated carbocycles. The summed E-state index contributed by atoms with van der Waals surface area (Å²) in [6.07, 6.45) is 0. The third-order valence-electron chi connectivity index (χ3n) is 2.06. The molecule has 0 aliphatic rings. The molecule has 0 unspecified atom stereocenters. The smallest absolute Gasteiger partial charge is 0.123 e. The number of rotatable bonds is 5. The van der Waals surface area contributed by atoms with Gasteiger partial charge in [-0.1, -0.05) is 32.9 Å². The summed E-state index contributed by atoms with van der Waals surface area (Å²) < 4.78 is 13.0. The lowest BCUT2D eigenvalue weighted by atomic mass is 10.2. The highest BCUT2D eigenvalue weighted by Gasteiger charge is 2.08. The van der Waals surface area contributed by atoms with E-state index in [0.717, 1.165) is 24.4 Å². The Morgan fingerprint density at radius 2 is 1.81 bits per heavy atom. The highest BCUT2D eigenvalue weighted by Crippen LogP contribution is 2.21. The third kappa shape index (κ3) is 6.13. The molecule has 90 valence electrons. The number of hydrogen-bond donors (Lipinski definition) is 1. The summed E-state index contributed by atoms with van der Waals surface area (Å²) in [5.41, 5.74) is 1.13. The van der Waals surface area contributed by atoms with Crippen LogP contribution in [0.25, 0.3) is 0 Å². The van der Waals surface area contributed by atoms with Crippen molar-refractivity contribution in [3.05, 3.63) is 35.6 Å². The molecule has 0 aromatic heterocycles. The van der Waals surface area contributed by atoms with Crippen LogP contribution in [0.5, 0.6) is 0 Å². The molecule has 1 aromatic carbocycles. The maximum Gasteiger partial charge on any atom is 0.123 e. The highest BCUT2D eigenvalue weighted by molar-refractivity contribution is 8.00. The average molecular weight is 241 g/mol. The lowest BCUT2D eigenvalue weighted by Gasteiger charge is -2.17. The summed E-state index contributed by atoms with van der Waals surface area (Å²) in [6.45, 7) is 8.46. The topological polar surface area (TPSA) is 12.0 Å². The van der Waals surface area contributed by atoms with Crippen molar-refractivity contribution >= 4 is 11.8 Å². The number of halogens is 1.